The molecule has 1 aliphatic carbocycles. The van der Waals surface area contributed by atoms with Crippen LogP contribution in [0, 0.1) is 5.92 Å². The van der Waals surface area contributed by atoms with E-state index >= 15 is 0 Å². The van der Waals surface area contributed by atoms with Gasteiger partial charge in [-0.25, -0.2) is 0 Å². The number of nitrogens with two attached hydrogens (primary N) is 1. The fourth-order valence-corrected chi connectivity index (χ4v) is 3.74. The third kappa shape index (κ3) is 4.82. The van der Waals surface area contributed by atoms with Gasteiger partial charge in [0, 0.05) is 25.0 Å². The lowest BCUT2D eigenvalue weighted by Gasteiger charge is -2.30. The Labute approximate surface area is 167 Å². The van der Waals surface area contributed by atoms with Gasteiger partial charge in [0.15, 0.2) is 0 Å². The fourth-order valence-electron chi connectivity index (χ4n) is 3.74. The number of likely N-dealkylation sites (tertiary alicyclic amines) is 1. The van der Waals surface area contributed by atoms with Crippen molar-refractivity contribution >= 4 is 18.3 Å². The summed E-state index contributed by atoms with van der Waals surface area (Å²) < 4.78 is 5.84. The molecule has 1 saturated heterocycles. The van der Waals surface area contributed by atoms with Crippen molar-refractivity contribution in [3.63, 3.8) is 0 Å². The molecule has 0 radical (unpaired) electrons. The fraction of sp³-hybridized carbons (Fsp3) is 0.409. The molecular weight excluding hydrogens is 360 g/mol. The first-order valence-corrected chi connectivity index (χ1v) is 9.52. The van der Waals surface area contributed by atoms with E-state index in [0.29, 0.717) is 18.4 Å². The zero-order valence-electron chi connectivity index (χ0n) is 15.4. The van der Waals surface area contributed by atoms with E-state index in [2.05, 4.69) is 24.3 Å². The van der Waals surface area contributed by atoms with Gasteiger partial charge in [-0.05, 0) is 48.4 Å². The molecule has 0 bridgehead atoms. The number of carbonyl (C=O) groups excluding carboxylic acids is 1. The Morgan fingerprint density at radius 1 is 1.04 bits per heavy atom. The van der Waals surface area contributed by atoms with Crippen LogP contribution in [0.4, 0.5) is 0 Å². The zero-order chi connectivity index (χ0) is 17.9. The molecule has 1 heterocycles. The third-order valence-corrected chi connectivity index (χ3v) is 5.52. The number of carbonyl (C=O) groups is 1. The van der Waals surface area contributed by atoms with E-state index in [1.165, 1.54) is 5.56 Å². The minimum Gasteiger partial charge on any atom is -0.489 e. The highest BCUT2D eigenvalue weighted by Gasteiger charge is 2.46. The third-order valence-electron chi connectivity index (χ3n) is 5.52. The molecule has 2 N–H and O–H groups in total. The number of hydrogen-bond acceptors (Lipinski definition) is 3. The van der Waals surface area contributed by atoms with E-state index in [0.717, 1.165) is 43.7 Å². The number of halogens is 1. The van der Waals surface area contributed by atoms with E-state index in [1.807, 2.05) is 35.2 Å². The molecule has 4 nitrogen and oxygen atoms in total. The number of hydrogen-bond donors (Lipinski definition) is 1. The maximum absolute atomic E-state index is 12.6. The summed E-state index contributed by atoms with van der Waals surface area (Å²) in [6, 6.07) is 18.6. The average Bonchev–Trinajstić information content (AvgIpc) is 3.48. The lowest BCUT2D eigenvalue weighted by atomic mass is 10.0. The Morgan fingerprint density at radius 2 is 1.70 bits per heavy atom. The van der Waals surface area contributed by atoms with Crippen molar-refractivity contribution in [1.29, 1.82) is 0 Å². The molecule has 4 rings (SSSR count). The molecule has 2 aliphatic rings. The molecule has 0 spiro atoms. The van der Waals surface area contributed by atoms with Crippen molar-refractivity contribution in [2.45, 2.75) is 37.8 Å². The van der Waals surface area contributed by atoms with E-state index < -0.39 is 0 Å². The molecule has 5 heteroatoms. The standard InChI is InChI=1S/C22H26N2O2.ClH/c23-18-10-12-24(13-11-18)22(25)21-14-20(21)17-6-8-19(9-7-17)26-15-16-4-2-1-3-5-16;/h1-9,18,20-21H,10-15,23H2;1H. The van der Waals surface area contributed by atoms with Crippen molar-refractivity contribution in [3.05, 3.63) is 65.7 Å². The Balaban J connectivity index is 0.00000210. The van der Waals surface area contributed by atoms with Gasteiger partial charge in [0.05, 0.1) is 0 Å². The molecule has 0 aromatic heterocycles. The second-order valence-electron chi connectivity index (χ2n) is 7.45. The van der Waals surface area contributed by atoms with E-state index in [-0.39, 0.29) is 24.4 Å². The Bertz CT molecular complexity index is 743. The van der Waals surface area contributed by atoms with Crippen LogP contribution in [0.5, 0.6) is 5.75 Å². The molecule has 2 atom stereocenters. The molecule has 27 heavy (non-hydrogen) atoms. The SMILES string of the molecule is Cl.NC1CCN(C(=O)C2CC2c2ccc(OCc3ccccc3)cc2)CC1. The van der Waals surface area contributed by atoms with Crippen molar-refractivity contribution in [3.8, 4) is 5.75 Å². The van der Waals surface area contributed by atoms with Gasteiger partial charge in [0.2, 0.25) is 5.91 Å². The lowest BCUT2D eigenvalue weighted by Crippen LogP contribution is -2.43. The van der Waals surface area contributed by atoms with Gasteiger partial charge in [0.25, 0.3) is 0 Å². The number of nitrogens with zero attached hydrogens (tertiary/aromatic N) is 1. The summed E-state index contributed by atoms with van der Waals surface area (Å²) in [6.07, 6.45) is 2.82. The molecule has 1 saturated carbocycles. The topological polar surface area (TPSA) is 55.6 Å². The maximum atomic E-state index is 12.6. The second kappa shape index (κ2) is 8.77. The highest BCUT2D eigenvalue weighted by Crippen LogP contribution is 2.48. The minimum atomic E-state index is 0. The van der Waals surface area contributed by atoms with Crippen molar-refractivity contribution in [2.24, 2.45) is 11.7 Å². The molecule has 1 aliphatic heterocycles. The first kappa shape index (κ1) is 19.7. The van der Waals surface area contributed by atoms with E-state index in [9.17, 15) is 4.79 Å². The Hall–Kier alpha value is -2.04. The van der Waals surface area contributed by atoms with E-state index in [1.54, 1.807) is 0 Å². The number of amides is 1. The van der Waals surface area contributed by atoms with Crippen LogP contribution in [0.25, 0.3) is 0 Å². The summed E-state index contributed by atoms with van der Waals surface area (Å²) in [6.45, 7) is 2.20. The van der Waals surface area contributed by atoms with Gasteiger partial charge < -0.3 is 15.4 Å². The van der Waals surface area contributed by atoms with Gasteiger partial charge in [-0.1, -0.05) is 42.5 Å². The molecule has 2 aromatic rings. The van der Waals surface area contributed by atoms with Gasteiger partial charge in [0.1, 0.15) is 12.4 Å². The van der Waals surface area contributed by atoms with Crippen molar-refractivity contribution < 1.29 is 9.53 Å². The highest BCUT2D eigenvalue weighted by atomic mass is 35.5. The van der Waals surface area contributed by atoms with Gasteiger partial charge >= 0.3 is 0 Å². The van der Waals surface area contributed by atoms with Crippen LogP contribution in [-0.4, -0.2) is 29.9 Å². The Kier molecular flexibility index (Phi) is 6.40. The summed E-state index contributed by atoms with van der Waals surface area (Å²) in [5.41, 5.74) is 8.33. The van der Waals surface area contributed by atoms with Gasteiger partial charge in [-0.3, -0.25) is 4.79 Å². The van der Waals surface area contributed by atoms with E-state index in [4.69, 9.17) is 10.5 Å². The number of ether oxygens (including phenoxy) is 1. The summed E-state index contributed by atoms with van der Waals surface area (Å²) in [5, 5.41) is 0. The maximum Gasteiger partial charge on any atom is 0.226 e. The summed E-state index contributed by atoms with van der Waals surface area (Å²) in [5.74, 6) is 1.69. The number of benzene rings is 2. The van der Waals surface area contributed by atoms with Crippen LogP contribution in [0.15, 0.2) is 54.6 Å². The van der Waals surface area contributed by atoms with Crippen LogP contribution < -0.4 is 10.5 Å². The summed E-state index contributed by atoms with van der Waals surface area (Å²) in [4.78, 5) is 14.6. The first-order chi connectivity index (χ1) is 12.7. The normalized spacial score (nSPS) is 22.0. The first-order valence-electron chi connectivity index (χ1n) is 9.52. The highest BCUT2D eigenvalue weighted by molar-refractivity contribution is 5.85. The lowest BCUT2D eigenvalue weighted by molar-refractivity contribution is -0.133. The minimum absolute atomic E-state index is 0. The molecular formula is C22H27ClN2O2. The van der Waals surface area contributed by atoms with Crippen LogP contribution in [0.1, 0.15) is 36.3 Å². The average molecular weight is 387 g/mol. The van der Waals surface area contributed by atoms with Crippen LogP contribution in [0.3, 0.4) is 0 Å². The summed E-state index contributed by atoms with van der Waals surface area (Å²) in [7, 11) is 0. The predicted octanol–water partition coefficient (Wildman–Crippen LogP) is 3.74. The quantitative estimate of drug-likeness (QED) is 0.851. The molecule has 144 valence electrons. The van der Waals surface area contributed by atoms with Gasteiger partial charge in [-0.15, -0.1) is 12.4 Å². The van der Waals surface area contributed by atoms with Crippen LogP contribution in [-0.2, 0) is 11.4 Å². The largest absolute Gasteiger partial charge is 0.489 e. The van der Waals surface area contributed by atoms with Crippen molar-refractivity contribution in [2.75, 3.05) is 13.1 Å². The monoisotopic (exact) mass is 386 g/mol. The smallest absolute Gasteiger partial charge is 0.226 e. The van der Waals surface area contributed by atoms with Crippen molar-refractivity contribution in [1.82, 2.24) is 4.90 Å². The van der Waals surface area contributed by atoms with Crippen LogP contribution in [0.2, 0.25) is 0 Å². The molecule has 2 fully saturated rings. The number of piperidine rings is 1. The molecule has 2 unspecified atom stereocenters. The summed E-state index contributed by atoms with van der Waals surface area (Å²) >= 11 is 0. The number of rotatable bonds is 5. The second-order valence-corrected chi connectivity index (χ2v) is 7.45. The Morgan fingerprint density at radius 3 is 2.37 bits per heavy atom. The van der Waals surface area contributed by atoms with Gasteiger partial charge in [-0.2, -0.15) is 0 Å². The zero-order valence-corrected chi connectivity index (χ0v) is 16.2. The van der Waals surface area contributed by atoms with Crippen LogP contribution >= 0.6 is 12.4 Å². The predicted molar refractivity (Wildman–Crippen MR) is 109 cm³/mol. The molecule has 2 aromatic carbocycles. The molecule has 1 amide bonds.